The van der Waals surface area contributed by atoms with E-state index < -0.39 is 17.6 Å². The minimum atomic E-state index is -4.51. The number of hydrogen-bond acceptors (Lipinski definition) is 3. The van der Waals surface area contributed by atoms with Gasteiger partial charge in [-0.25, -0.2) is 4.79 Å². The van der Waals surface area contributed by atoms with Gasteiger partial charge >= 0.3 is 11.9 Å². The number of halogens is 3. The number of carbonyl (C=O) groups is 1. The minimum Gasteiger partial charge on any atom is -0.322 e. The normalized spacial score (nSPS) is 11.6. The van der Waals surface area contributed by atoms with Crippen LogP contribution in [0.5, 0.6) is 0 Å². The van der Waals surface area contributed by atoms with Gasteiger partial charge in [0.05, 0.1) is 27.9 Å². The summed E-state index contributed by atoms with van der Waals surface area (Å²) in [4.78, 5) is 32.9. The van der Waals surface area contributed by atoms with Crippen LogP contribution >= 0.6 is 0 Å². The lowest BCUT2D eigenvalue weighted by Crippen LogP contribution is -2.12. The maximum atomic E-state index is 13.2. The molecule has 2 heterocycles. The molecule has 0 aliphatic rings. The summed E-state index contributed by atoms with van der Waals surface area (Å²) in [6.45, 7) is 0. The highest BCUT2D eigenvalue weighted by molar-refractivity contribution is 6.04. The molecule has 6 nitrogen and oxygen atoms in total. The number of anilines is 1. The lowest BCUT2D eigenvalue weighted by Gasteiger charge is -2.12. The van der Waals surface area contributed by atoms with Crippen LogP contribution in [0.1, 0.15) is 15.9 Å². The minimum absolute atomic E-state index is 0.0613. The molecule has 0 bridgehead atoms. The number of hydrogen-bond donors (Lipinski definition) is 3. The standard InChI is InChI=1S/C20H13F3N4O2/c21-20(22,23)14-4-2-1-3-13(14)15-7-5-11(10-24-15)18(28)25-12-6-8-16-17(9-12)27-19(29)26-16/h1-10H,(H,25,28)(H2,26,27,29). The van der Waals surface area contributed by atoms with E-state index in [0.717, 1.165) is 6.07 Å². The van der Waals surface area contributed by atoms with Crippen molar-refractivity contribution in [2.45, 2.75) is 6.18 Å². The first-order valence-electron chi connectivity index (χ1n) is 8.47. The Labute approximate surface area is 161 Å². The van der Waals surface area contributed by atoms with Gasteiger partial charge in [-0.15, -0.1) is 0 Å². The van der Waals surface area contributed by atoms with E-state index >= 15 is 0 Å². The van der Waals surface area contributed by atoms with Gasteiger partial charge in [0.25, 0.3) is 5.91 Å². The van der Waals surface area contributed by atoms with Crippen LogP contribution in [-0.2, 0) is 6.18 Å². The molecule has 0 spiro atoms. The zero-order valence-corrected chi connectivity index (χ0v) is 14.7. The van der Waals surface area contributed by atoms with Gasteiger partial charge in [0.15, 0.2) is 0 Å². The number of rotatable bonds is 3. The second kappa shape index (κ2) is 6.93. The van der Waals surface area contributed by atoms with Gasteiger partial charge in [-0.1, -0.05) is 18.2 Å². The van der Waals surface area contributed by atoms with Gasteiger partial charge in [-0.3, -0.25) is 9.78 Å². The number of imidazole rings is 1. The first-order chi connectivity index (χ1) is 13.8. The zero-order chi connectivity index (χ0) is 20.6. The van der Waals surface area contributed by atoms with Crippen molar-refractivity contribution in [3.8, 4) is 11.3 Å². The summed E-state index contributed by atoms with van der Waals surface area (Å²) in [5.74, 6) is -0.481. The van der Waals surface area contributed by atoms with Crippen molar-refractivity contribution < 1.29 is 18.0 Å². The third kappa shape index (κ3) is 3.75. The van der Waals surface area contributed by atoms with Gasteiger partial charge < -0.3 is 15.3 Å². The number of pyridine rings is 1. The van der Waals surface area contributed by atoms with Crippen molar-refractivity contribution in [3.63, 3.8) is 0 Å². The molecule has 4 aromatic rings. The van der Waals surface area contributed by atoms with E-state index in [1.807, 2.05) is 0 Å². The van der Waals surface area contributed by atoms with Crippen molar-refractivity contribution in [2.75, 3.05) is 5.32 Å². The molecule has 0 saturated carbocycles. The fourth-order valence-corrected chi connectivity index (χ4v) is 2.95. The number of nitrogens with zero attached hydrogens (tertiary/aromatic N) is 1. The zero-order valence-electron chi connectivity index (χ0n) is 14.7. The summed E-state index contributed by atoms with van der Waals surface area (Å²) >= 11 is 0. The molecule has 0 aliphatic carbocycles. The van der Waals surface area contributed by atoms with Crippen LogP contribution in [0.4, 0.5) is 18.9 Å². The van der Waals surface area contributed by atoms with Crippen molar-refractivity contribution in [1.29, 1.82) is 0 Å². The molecule has 3 N–H and O–H groups in total. The van der Waals surface area contributed by atoms with Crippen molar-refractivity contribution in [2.24, 2.45) is 0 Å². The summed E-state index contributed by atoms with van der Waals surface area (Å²) in [5.41, 5.74) is 0.660. The molecule has 0 unspecified atom stereocenters. The van der Waals surface area contributed by atoms with Crippen LogP contribution in [0.2, 0.25) is 0 Å². The van der Waals surface area contributed by atoms with Crippen LogP contribution in [0, 0.1) is 0 Å². The lowest BCUT2D eigenvalue weighted by atomic mass is 10.0. The Balaban J connectivity index is 1.57. The molecule has 0 radical (unpaired) electrons. The van der Waals surface area contributed by atoms with E-state index in [4.69, 9.17) is 0 Å². The average Bonchev–Trinajstić information content (AvgIpc) is 3.07. The summed E-state index contributed by atoms with van der Waals surface area (Å²) in [6, 6.07) is 12.7. The van der Waals surface area contributed by atoms with E-state index in [0.29, 0.717) is 16.7 Å². The predicted octanol–water partition coefficient (Wildman–Crippen LogP) is 4.19. The highest BCUT2D eigenvalue weighted by Crippen LogP contribution is 2.36. The molecule has 9 heteroatoms. The monoisotopic (exact) mass is 398 g/mol. The van der Waals surface area contributed by atoms with Gasteiger partial charge in [0, 0.05) is 17.4 Å². The fourth-order valence-electron chi connectivity index (χ4n) is 2.95. The van der Waals surface area contributed by atoms with Crippen LogP contribution in [0.25, 0.3) is 22.3 Å². The number of alkyl halides is 3. The number of aromatic amines is 2. The molecular weight excluding hydrogens is 385 g/mol. The quantitative estimate of drug-likeness (QED) is 0.483. The molecule has 4 rings (SSSR count). The molecule has 0 aliphatic heterocycles. The third-order valence-corrected chi connectivity index (χ3v) is 4.31. The first-order valence-corrected chi connectivity index (χ1v) is 8.47. The topological polar surface area (TPSA) is 90.6 Å². The number of aromatic nitrogens is 3. The maximum absolute atomic E-state index is 13.2. The number of carbonyl (C=O) groups excluding carboxylic acids is 1. The Morgan fingerprint density at radius 2 is 1.72 bits per heavy atom. The fraction of sp³-hybridized carbons (Fsp3) is 0.0500. The Bertz CT molecular complexity index is 1260. The van der Waals surface area contributed by atoms with E-state index in [1.54, 1.807) is 18.2 Å². The van der Waals surface area contributed by atoms with E-state index in [9.17, 15) is 22.8 Å². The second-order valence-electron chi connectivity index (χ2n) is 6.27. The molecule has 2 aromatic heterocycles. The van der Waals surface area contributed by atoms with Gasteiger partial charge in [0.1, 0.15) is 0 Å². The van der Waals surface area contributed by atoms with Crippen molar-refractivity contribution in [1.82, 2.24) is 15.0 Å². The predicted molar refractivity (Wildman–Crippen MR) is 102 cm³/mol. The molecular formula is C20H13F3N4O2. The summed E-state index contributed by atoms with van der Waals surface area (Å²) in [6.07, 6.45) is -3.29. The van der Waals surface area contributed by atoms with Crippen molar-refractivity contribution in [3.05, 3.63) is 82.4 Å². The van der Waals surface area contributed by atoms with Crippen LogP contribution in [-0.4, -0.2) is 20.9 Å². The Morgan fingerprint density at radius 3 is 2.45 bits per heavy atom. The van der Waals surface area contributed by atoms with Gasteiger partial charge in [0.2, 0.25) is 0 Å². The summed E-state index contributed by atoms with van der Waals surface area (Å²) < 4.78 is 39.5. The highest BCUT2D eigenvalue weighted by atomic mass is 19.4. The van der Waals surface area contributed by atoms with E-state index in [2.05, 4.69) is 20.3 Å². The van der Waals surface area contributed by atoms with Gasteiger partial charge in [-0.2, -0.15) is 13.2 Å². The molecule has 0 fully saturated rings. The Hall–Kier alpha value is -3.88. The molecule has 0 atom stereocenters. The number of nitrogens with one attached hydrogen (secondary N) is 3. The highest BCUT2D eigenvalue weighted by Gasteiger charge is 2.33. The number of amides is 1. The molecule has 29 heavy (non-hydrogen) atoms. The van der Waals surface area contributed by atoms with E-state index in [1.165, 1.54) is 36.5 Å². The second-order valence-corrected chi connectivity index (χ2v) is 6.27. The van der Waals surface area contributed by atoms with E-state index in [-0.39, 0.29) is 22.5 Å². The Morgan fingerprint density at radius 1 is 0.966 bits per heavy atom. The molecule has 2 aromatic carbocycles. The SMILES string of the molecule is O=C(Nc1ccc2[nH]c(=O)[nH]c2c1)c1ccc(-c2ccccc2C(F)(F)F)nc1. The number of fused-ring (bicyclic) bond motifs is 1. The smallest absolute Gasteiger partial charge is 0.322 e. The van der Waals surface area contributed by atoms with Crippen LogP contribution in [0.3, 0.4) is 0 Å². The third-order valence-electron chi connectivity index (χ3n) is 4.31. The first kappa shape index (κ1) is 18.5. The van der Waals surface area contributed by atoms with Crippen LogP contribution < -0.4 is 11.0 Å². The number of H-pyrrole nitrogens is 2. The number of benzene rings is 2. The maximum Gasteiger partial charge on any atom is 0.417 e. The summed E-state index contributed by atoms with van der Waals surface area (Å²) in [5, 5.41) is 2.66. The summed E-state index contributed by atoms with van der Waals surface area (Å²) in [7, 11) is 0. The molecule has 0 saturated heterocycles. The van der Waals surface area contributed by atoms with Crippen LogP contribution in [0.15, 0.2) is 65.6 Å². The van der Waals surface area contributed by atoms with Gasteiger partial charge in [-0.05, 0) is 36.4 Å². The largest absolute Gasteiger partial charge is 0.417 e. The lowest BCUT2D eigenvalue weighted by molar-refractivity contribution is -0.137. The van der Waals surface area contributed by atoms with Crippen molar-refractivity contribution >= 4 is 22.6 Å². The Kier molecular flexibility index (Phi) is 4.42. The molecule has 146 valence electrons. The molecule has 1 amide bonds. The average molecular weight is 398 g/mol.